The summed E-state index contributed by atoms with van der Waals surface area (Å²) in [5.41, 5.74) is 3.36. The highest BCUT2D eigenvalue weighted by molar-refractivity contribution is 5.61. The fourth-order valence-corrected chi connectivity index (χ4v) is 1.88. The first-order valence-electron chi connectivity index (χ1n) is 5.84. The molecule has 0 saturated carbocycles. The average Bonchev–Trinajstić information content (AvgIpc) is 2.66. The van der Waals surface area contributed by atoms with Crippen molar-refractivity contribution in [2.75, 3.05) is 5.32 Å². The molecule has 0 radical (unpaired) electrons. The first-order chi connectivity index (χ1) is 8.65. The van der Waals surface area contributed by atoms with E-state index in [1.165, 1.54) is 0 Å². The van der Waals surface area contributed by atoms with E-state index in [0.717, 1.165) is 23.6 Å². The van der Waals surface area contributed by atoms with Crippen LogP contribution in [0.3, 0.4) is 0 Å². The van der Waals surface area contributed by atoms with Gasteiger partial charge in [-0.25, -0.2) is 4.98 Å². The molecule has 0 aliphatic carbocycles. The van der Waals surface area contributed by atoms with Gasteiger partial charge in [0.25, 0.3) is 0 Å². The second-order valence-electron chi connectivity index (χ2n) is 4.01. The number of nitrogens with one attached hydrogen (secondary N) is 1. The number of pyridine rings is 1. The molecule has 18 heavy (non-hydrogen) atoms. The van der Waals surface area contributed by atoms with Crippen molar-refractivity contribution < 1.29 is 0 Å². The van der Waals surface area contributed by atoms with Crippen molar-refractivity contribution in [2.24, 2.45) is 0 Å². The molecule has 0 aromatic carbocycles. The molecular weight excluding hydrogens is 226 g/mol. The number of nitriles is 1. The van der Waals surface area contributed by atoms with E-state index in [9.17, 15) is 0 Å². The van der Waals surface area contributed by atoms with E-state index in [1.807, 2.05) is 36.7 Å². The minimum atomic E-state index is 0.401. The normalized spacial score (nSPS) is 10.1. The van der Waals surface area contributed by atoms with Crippen molar-refractivity contribution in [3.05, 3.63) is 35.3 Å². The second kappa shape index (κ2) is 4.88. The van der Waals surface area contributed by atoms with E-state index in [4.69, 9.17) is 5.26 Å². The lowest BCUT2D eigenvalue weighted by molar-refractivity contribution is 0.634. The Morgan fingerprint density at radius 1 is 1.39 bits per heavy atom. The number of aryl methyl sites for hydroxylation is 2. The predicted molar refractivity (Wildman–Crippen MR) is 69.6 cm³/mol. The molecule has 0 saturated heterocycles. The molecule has 0 amide bonds. The number of aromatic nitrogens is 3. The Hall–Kier alpha value is -2.35. The summed E-state index contributed by atoms with van der Waals surface area (Å²) in [5.74, 6) is 0.663. The molecular formula is C13H15N5. The molecule has 2 rings (SSSR count). The van der Waals surface area contributed by atoms with Crippen molar-refractivity contribution in [1.29, 1.82) is 5.26 Å². The van der Waals surface area contributed by atoms with Crippen molar-refractivity contribution >= 4 is 11.5 Å². The zero-order valence-electron chi connectivity index (χ0n) is 10.7. The molecule has 0 fully saturated rings. The van der Waals surface area contributed by atoms with Gasteiger partial charge in [-0.05, 0) is 32.9 Å². The van der Waals surface area contributed by atoms with Crippen LogP contribution in [0.5, 0.6) is 0 Å². The summed E-state index contributed by atoms with van der Waals surface area (Å²) in [6.45, 7) is 6.85. The van der Waals surface area contributed by atoms with Crippen LogP contribution in [-0.4, -0.2) is 14.8 Å². The van der Waals surface area contributed by atoms with E-state index in [0.29, 0.717) is 11.5 Å². The highest BCUT2D eigenvalue weighted by Gasteiger charge is 2.11. The molecule has 5 nitrogen and oxygen atoms in total. The number of hydrogen-bond donors (Lipinski definition) is 1. The highest BCUT2D eigenvalue weighted by Crippen LogP contribution is 2.23. The SMILES string of the molecule is CCn1nc(C)c(Nc2cccc(C#N)n2)c1C. The van der Waals surface area contributed by atoms with Crippen molar-refractivity contribution in [1.82, 2.24) is 14.8 Å². The number of hydrogen-bond acceptors (Lipinski definition) is 4. The Balaban J connectivity index is 2.34. The molecule has 2 aromatic heterocycles. The lowest BCUT2D eigenvalue weighted by Crippen LogP contribution is -2.00. The van der Waals surface area contributed by atoms with Crippen LogP contribution < -0.4 is 5.32 Å². The van der Waals surface area contributed by atoms with Gasteiger partial charge in [-0.2, -0.15) is 10.4 Å². The van der Waals surface area contributed by atoms with Crippen molar-refractivity contribution in [2.45, 2.75) is 27.3 Å². The first-order valence-corrected chi connectivity index (χ1v) is 5.84. The zero-order valence-corrected chi connectivity index (χ0v) is 10.7. The van der Waals surface area contributed by atoms with Crippen molar-refractivity contribution in [3.8, 4) is 6.07 Å². The van der Waals surface area contributed by atoms with Gasteiger partial charge < -0.3 is 5.32 Å². The Morgan fingerprint density at radius 2 is 2.17 bits per heavy atom. The molecule has 0 aliphatic rings. The standard InChI is InChI=1S/C13H15N5/c1-4-18-10(3)13(9(2)17-18)16-12-7-5-6-11(8-14)15-12/h5-7H,4H2,1-3H3,(H,15,16). The van der Waals surface area contributed by atoms with Gasteiger partial charge in [0.15, 0.2) is 0 Å². The van der Waals surface area contributed by atoms with E-state index in [1.54, 1.807) is 6.07 Å². The molecule has 5 heteroatoms. The largest absolute Gasteiger partial charge is 0.337 e. The topological polar surface area (TPSA) is 66.5 Å². The zero-order chi connectivity index (χ0) is 13.1. The first kappa shape index (κ1) is 12.1. The number of rotatable bonds is 3. The number of nitrogens with zero attached hydrogens (tertiary/aromatic N) is 4. The van der Waals surface area contributed by atoms with Crippen LogP contribution in [0.4, 0.5) is 11.5 Å². The monoisotopic (exact) mass is 241 g/mol. The fourth-order valence-electron chi connectivity index (χ4n) is 1.88. The summed E-state index contributed by atoms with van der Waals surface area (Å²) in [6.07, 6.45) is 0. The smallest absolute Gasteiger partial charge is 0.142 e. The number of anilines is 2. The van der Waals surface area contributed by atoms with E-state index >= 15 is 0 Å². The summed E-state index contributed by atoms with van der Waals surface area (Å²) in [6, 6.07) is 7.35. The molecule has 0 atom stereocenters. The Kier molecular flexibility index (Phi) is 3.28. The third-order valence-corrected chi connectivity index (χ3v) is 2.80. The minimum Gasteiger partial charge on any atom is -0.337 e. The maximum Gasteiger partial charge on any atom is 0.142 e. The van der Waals surface area contributed by atoms with Crippen LogP contribution >= 0.6 is 0 Å². The van der Waals surface area contributed by atoms with E-state index < -0.39 is 0 Å². The quantitative estimate of drug-likeness (QED) is 0.896. The minimum absolute atomic E-state index is 0.401. The Morgan fingerprint density at radius 3 is 2.78 bits per heavy atom. The van der Waals surface area contributed by atoms with Crippen LogP contribution in [0.15, 0.2) is 18.2 Å². The maximum absolute atomic E-state index is 8.82. The lowest BCUT2D eigenvalue weighted by atomic mass is 10.3. The van der Waals surface area contributed by atoms with Crippen LogP contribution in [0.25, 0.3) is 0 Å². The highest BCUT2D eigenvalue weighted by atomic mass is 15.3. The predicted octanol–water partition coefficient (Wildman–Crippen LogP) is 2.53. The van der Waals surface area contributed by atoms with E-state index in [-0.39, 0.29) is 0 Å². The lowest BCUT2D eigenvalue weighted by Gasteiger charge is -2.06. The van der Waals surface area contributed by atoms with Gasteiger partial charge in [0.05, 0.1) is 17.1 Å². The van der Waals surface area contributed by atoms with Crippen molar-refractivity contribution in [3.63, 3.8) is 0 Å². The summed E-state index contributed by atoms with van der Waals surface area (Å²) in [5, 5.41) is 16.5. The van der Waals surface area contributed by atoms with Crippen LogP contribution in [0.2, 0.25) is 0 Å². The van der Waals surface area contributed by atoms with Crippen LogP contribution in [0.1, 0.15) is 24.0 Å². The molecule has 0 bridgehead atoms. The fraction of sp³-hybridized carbons (Fsp3) is 0.308. The van der Waals surface area contributed by atoms with Crippen LogP contribution in [-0.2, 0) is 6.54 Å². The Bertz CT molecular complexity index is 606. The molecule has 2 heterocycles. The van der Waals surface area contributed by atoms with Crippen LogP contribution in [0, 0.1) is 25.2 Å². The summed E-state index contributed by atoms with van der Waals surface area (Å²) < 4.78 is 1.94. The van der Waals surface area contributed by atoms with Gasteiger partial charge in [-0.1, -0.05) is 6.07 Å². The van der Waals surface area contributed by atoms with Gasteiger partial charge in [0, 0.05) is 6.54 Å². The molecule has 1 N–H and O–H groups in total. The molecule has 92 valence electrons. The summed E-state index contributed by atoms with van der Waals surface area (Å²) in [7, 11) is 0. The van der Waals surface area contributed by atoms with Gasteiger partial charge >= 0.3 is 0 Å². The van der Waals surface area contributed by atoms with Gasteiger partial charge in [-0.15, -0.1) is 0 Å². The van der Waals surface area contributed by atoms with Gasteiger partial charge in [0.1, 0.15) is 17.6 Å². The van der Waals surface area contributed by atoms with Gasteiger partial charge in [0.2, 0.25) is 0 Å². The average molecular weight is 241 g/mol. The molecule has 0 aliphatic heterocycles. The van der Waals surface area contributed by atoms with Gasteiger partial charge in [-0.3, -0.25) is 4.68 Å². The van der Waals surface area contributed by atoms with E-state index in [2.05, 4.69) is 22.3 Å². The summed E-state index contributed by atoms with van der Waals surface area (Å²) >= 11 is 0. The second-order valence-corrected chi connectivity index (χ2v) is 4.01. The molecule has 2 aromatic rings. The maximum atomic E-state index is 8.82. The third kappa shape index (κ3) is 2.18. The Labute approximate surface area is 106 Å². The molecule has 0 unspecified atom stereocenters. The summed E-state index contributed by atoms with van der Waals surface area (Å²) in [4.78, 5) is 4.19. The molecule has 0 spiro atoms. The third-order valence-electron chi connectivity index (χ3n) is 2.80.